The maximum absolute atomic E-state index is 12.6. The second kappa shape index (κ2) is 5.94. The highest BCUT2D eigenvalue weighted by Crippen LogP contribution is 2.36. The first-order valence-electron chi connectivity index (χ1n) is 6.69. The van der Waals surface area contributed by atoms with Gasteiger partial charge in [0.1, 0.15) is 5.75 Å². The number of amides is 1. The van der Waals surface area contributed by atoms with E-state index >= 15 is 0 Å². The Kier molecular flexibility index (Phi) is 4.00. The predicted octanol–water partition coefficient (Wildman–Crippen LogP) is 4.11. The fourth-order valence-electron chi connectivity index (χ4n) is 2.20. The molecule has 5 heteroatoms. The highest BCUT2D eigenvalue weighted by molar-refractivity contribution is 8.27. The Hall–Kier alpha value is -2.11. The fourth-order valence-corrected chi connectivity index (χ4v) is 3.49. The van der Waals surface area contributed by atoms with Gasteiger partial charge >= 0.3 is 0 Å². The van der Waals surface area contributed by atoms with Gasteiger partial charge < -0.3 is 5.11 Å². The number of hydrogen-bond donors (Lipinski definition) is 1. The first-order valence-corrected chi connectivity index (χ1v) is 7.91. The molecule has 0 aromatic heterocycles. The third kappa shape index (κ3) is 2.77. The quantitative estimate of drug-likeness (QED) is 0.666. The summed E-state index contributed by atoms with van der Waals surface area (Å²) in [5, 5.41) is 9.92. The largest absolute Gasteiger partial charge is 0.507 e. The van der Waals surface area contributed by atoms with Gasteiger partial charge in [0.25, 0.3) is 5.91 Å². The van der Waals surface area contributed by atoms with Crippen LogP contribution in [0.5, 0.6) is 5.75 Å². The van der Waals surface area contributed by atoms with Crippen molar-refractivity contribution in [1.82, 2.24) is 0 Å². The van der Waals surface area contributed by atoms with Crippen LogP contribution in [-0.4, -0.2) is 15.3 Å². The molecular formula is C17H13NO2S2. The van der Waals surface area contributed by atoms with Crippen LogP contribution in [0, 0.1) is 6.92 Å². The molecule has 110 valence electrons. The summed E-state index contributed by atoms with van der Waals surface area (Å²) in [5.41, 5.74) is 2.39. The van der Waals surface area contributed by atoms with E-state index in [9.17, 15) is 9.90 Å². The normalized spacial score (nSPS) is 16.6. The lowest BCUT2D eigenvalue weighted by Gasteiger charge is -2.13. The number of hydrogen-bond acceptors (Lipinski definition) is 4. The highest BCUT2D eigenvalue weighted by Gasteiger charge is 2.33. The van der Waals surface area contributed by atoms with E-state index in [2.05, 4.69) is 0 Å². The van der Waals surface area contributed by atoms with Crippen LogP contribution in [0.3, 0.4) is 0 Å². The number of aryl methyl sites for hydroxylation is 1. The zero-order chi connectivity index (χ0) is 15.7. The Morgan fingerprint density at radius 3 is 2.64 bits per heavy atom. The van der Waals surface area contributed by atoms with E-state index in [1.54, 1.807) is 12.1 Å². The molecule has 3 nitrogen and oxygen atoms in total. The third-order valence-corrected chi connectivity index (χ3v) is 4.58. The van der Waals surface area contributed by atoms with Crippen molar-refractivity contribution in [2.45, 2.75) is 6.92 Å². The van der Waals surface area contributed by atoms with Gasteiger partial charge in [0.15, 0.2) is 4.32 Å². The van der Waals surface area contributed by atoms with Crippen molar-refractivity contribution in [3.63, 3.8) is 0 Å². The van der Waals surface area contributed by atoms with Crippen molar-refractivity contribution in [3.05, 3.63) is 64.6 Å². The van der Waals surface area contributed by atoms with Crippen LogP contribution in [0.15, 0.2) is 53.4 Å². The molecule has 0 unspecified atom stereocenters. The molecule has 0 saturated carbocycles. The van der Waals surface area contributed by atoms with Crippen LogP contribution in [0.2, 0.25) is 0 Å². The number of thioether (sulfide) groups is 1. The number of carbonyl (C=O) groups excluding carboxylic acids is 1. The van der Waals surface area contributed by atoms with E-state index in [-0.39, 0.29) is 11.7 Å². The number of carbonyl (C=O) groups is 1. The minimum absolute atomic E-state index is 0.149. The standard InChI is InChI=1S/C17H13NO2S2/c1-11-7-8-14(19)12(9-11)10-15-16(20)18(17(21)22-15)13-5-3-2-4-6-13/h2-10,19H,1H3. The SMILES string of the molecule is Cc1ccc(O)c(C=C2SC(=S)N(c3ccccc3)C2=O)c1. The molecule has 0 radical (unpaired) electrons. The lowest BCUT2D eigenvalue weighted by Crippen LogP contribution is -2.27. The van der Waals surface area contributed by atoms with Crippen LogP contribution >= 0.6 is 24.0 Å². The van der Waals surface area contributed by atoms with Gasteiger partial charge in [-0.05, 0) is 37.3 Å². The number of benzene rings is 2. The number of rotatable bonds is 2. The van der Waals surface area contributed by atoms with Crippen LogP contribution in [0.1, 0.15) is 11.1 Å². The molecule has 0 spiro atoms. The summed E-state index contributed by atoms with van der Waals surface area (Å²) >= 11 is 6.56. The van der Waals surface area contributed by atoms with Crippen LogP contribution in [0.25, 0.3) is 6.08 Å². The van der Waals surface area contributed by atoms with E-state index < -0.39 is 0 Å². The maximum Gasteiger partial charge on any atom is 0.270 e. The first-order chi connectivity index (χ1) is 10.6. The van der Waals surface area contributed by atoms with Crippen LogP contribution < -0.4 is 4.90 Å². The second-order valence-corrected chi connectivity index (χ2v) is 6.59. The van der Waals surface area contributed by atoms with Gasteiger partial charge in [-0.1, -0.05) is 53.8 Å². The number of anilines is 1. The van der Waals surface area contributed by atoms with E-state index in [0.29, 0.717) is 14.8 Å². The second-order valence-electron chi connectivity index (χ2n) is 4.91. The molecule has 0 aliphatic carbocycles. The molecule has 22 heavy (non-hydrogen) atoms. The summed E-state index contributed by atoms with van der Waals surface area (Å²) in [6.07, 6.45) is 1.69. The van der Waals surface area contributed by atoms with Crippen molar-refractivity contribution < 1.29 is 9.90 Å². The van der Waals surface area contributed by atoms with E-state index in [1.165, 1.54) is 16.7 Å². The average molecular weight is 327 g/mol. The lowest BCUT2D eigenvalue weighted by molar-refractivity contribution is -0.113. The van der Waals surface area contributed by atoms with Gasteiger partial charge in [-0.2, -0.15) is 0 Å². The number of thiocarbonyl (C=S) groups is 1. The molecule has 1 amide bonds. The van der Waals surface area contributed by atoms with Gasteiger partial charge in [0.05, 0.1) is 10.6 Å². The Balaban J connectivity index is 1.97. The van der Waals surface area contributed by atoms with Gasteiger partial charge in [-0.15, -0.1) is 0 Å². The molecule has 0 atom stereocenters. The Labute approximate surface area is 138 Å². The number of phenolic OH excluding ortho intramolecular Hbond substituents is 1. The van der Waals surface area contributed by atoms with Crippen molar-refractivity contribution in [1.29, 1.82) is 0 Å². The van der Waals surface area contributed by atoms with Gasteiger partial charge in [-0.25, -0.2) is 0 Å². The summed E-state index contributed by atoms with van der Waals surface area (Å²) < 4.78 is 0.495. The molecule has 1 aliphatic heterocycles. The number of phenols is 1. The molecular weight excluding hydrogens is 314 g/mol. The van der Waals surface area contributed by atoms with Gasteiger partial charge in [0, 0.05) is 5.56 Å². The topological polar surface area (TPSA) is 40.5 Å². The molecule has 0 bridgehead atoms. The van der Waals surface area contributed by atoms with Crippen LogP contribution in [0.4, 0.5) is 5.69 Å². The van der Waals surface area contributed by atoms with Gasteiger partial charge in [-0.3, -0.25) is 9.69 Å². The fraction of sp³-hybridized carbons (Fsp3) is 0.0588. The summed E-state index contributed by atoms with van der Waals surface area (Å²) in [5.74, 6) is -0.0160. The molecule has 3 rings (SSSR count). The smallest absolute Gasteiger partial charge is 0.270 e. The van der Waals surface area contributed by atoms with E-state index in [1.807, 2.05) is 49.4 Å². The number of aromatic hydroxyl groups is 1. The molecule has 1 heterocycles. The Bertz CT molecular complexity index is 785. The lowest BCUT2D eigenvalue weighted by atomic mass is 10.1. The summed E-state index contributed by atoms with van der Waals surface area (Å²) in [6, 6.07) is 14.6. The maximum atomic E-state index is 12.6. The third-order valence-electron chi connectivity index (χ3n) is 3.28. The van der Waals surface area contributed by atoms with E-state index in [4.69, 9.17) is 12.2 Å². The predicted molar refractivity (Wildman–Crippen MR) is 94.9 cm³/mol. The number of para-hydroxylation sites is 1. The number of nitrogens with zero attached hydrogens (tertiary/aromatic N) is 1. The Morgan fingerprint density at radius 1 is 1.18 bits per heavy atom. The first kappa shape index (κ1) is 14.8. The van der Waals surface area contributed by atoms with Crippen molar-refractivity contribution in [2.24, 2.45) is 0 Å². The van der Waals surface area contributed by atoms with Gasteiger partial charge in [0.2, 0.25) is 0 Å². The summed E-state index contributed by atoms with van der Waals surface area (Å²) in [7, 11) is 0. The van der Waals surface area contributed by atoms with Crippen molar-refractivity contribution in [2.75, 3.05) is 4.90 Å². The van der Waals surface area contributed by atoms with Crippen molar-refractivity contribution >= 4 is 46.0 Å². The molecule has 1 aliphatic rings. The zero-order valence-electron chi connectivity index (χ0n) is 11.8. The minimum atomic E-state index is -0.165. The average Bonchev–Trinajstić information content (AvgIpc) is 2.78. The molecule has 1 fully saturated rings. The summed E-state index contributed by atoms with van der Waals surface area (Å²) in [6.45, 7) is 1.94. The molecule has 1 saturated heterocycles. The van der Waals surface area contributed by atoms with Crippen molar-refractivity contribution in [3.8, 4) is 5.75 Å². The molecule has 2 aromatic rings. The minimum Gasteiger partial charge on any atom is -0.507 e. The van der Waals surface area contributed by atoms with E-state index in [0.717, 1.165) is 11.3 Å². The monoisotopic (exact) mass is 327 g/mol. The molecule has 2 aromatic carbocycles. The highest BCUT2D eigenvalue weighted by atomic mass is 32.2. The summed E-state index contributed by atoms with van der Waals surface area (Å²) in [4.78, 5) is 14.6. The molecule has 1 N–H and O–H groups in total. The zero-order valence-corrected chi connectivity index (χ0v) is 13.4. The Morgan fingerprint density at radius 2 is 1.91 bits per heavy atom. The van der Waals surface area contributed by atoms with Crippen LogP contribution in [-0.2, 0) is 4.79 Å².